The fourth-order valence-corrected chi connectivity index (χ4v) is 3.08. The molecule has 3 nitrogen and oxygen atoms in total. The second kappa shape index (κ2) is 6.60. The second-order valence-corrected chi connectivity index (χ2v) is 6.72. The number of aryl methyl sites for hydroxylation is 1. The van der Waals surface area contributed by atoms with Gasteiger partial charge in [0.15, 0.2) is 0 Å². The highest BCUT2D eigenvalue weighted by Gasteiger charge is 2.13. The molecule has 0 unspecified atom stereocenters. The Kier molecular flexibility index (Phi) is 4.13. The molecule has 0 radical (unpaired) electrons. The zero-order valence-electron chi connectivity index (χ0n) is 15.3. The summed E-state index contributed by atoms with van der Waals surface area (Å²) in [6.07, 6.45) is 0. The molecule has 0 aliphatic rings. The molecule has 0 bridgehead atoms. The number of aromatic nitrogens is 2. The molecule has 0 saturated carbocycles. The van der Waals surface area contributed by atoms with Gasteiger partial charge in [0.2, 0.25) is 0 Å². The van der Waals surface area contributed by atoms with E-state index in [4.69, 9.17) is 9.97 Å². The van der Waals surface area contributed by atoms with E-state index in [9.17, 15) is 0 Å². The van der Waals surface area contributed by atoms with Gasteiger partial charge in [0.25, 0.3) is 0 Å². The number of rotatable bonds is 3. The molecule has 0 aliphatic carbocycles. The molecule has 0 fully saturated rings. The maximum atomic E-state index is 4.97. The summed E-state index contributed by atoms with van der Waals surface area (Å²) in [4.78, 5) is 12.0. The Hall–Kier alpha value is -3.20. The Labute approximate surface area is 154 Å². The number of benzene rings is 3. The summed E-state index contributed by atoms with van der Waals surface area (Å²) in [6.45, 7) is 2.08. The monoisotopic (exact) mass is 339 g/mol. The van der Waals surface area contributed by atoms with Gasteiger partial charge >= 0.3 is 0 Å². The minimum atomic E-state index is 0.915. The van der Waals surface area contributed by atoms with E-state index in [1.807, 2.05) is 38.4 Å². The summed E-state index contributed by atoms with van der Waals surface area (Å²) in [7, 11) is 4.09. The van der Waals surface area contributed by atoms with Crippen LogP contribution in [0.4, 0.5) is 5.69 Å². The summed E-state index contributed by atoms with van der Waals surface area (Å²) >= 11 is 0. The van der Waals surface area contributed by atoms with Crippen LogP contribution in [0, 0.1) is 6.92 Å². The first-order valence-corrected chi connectivity index (χ1v) is 8.73. The van der Waals surface area contributed by atoms with Gasteiger partial charge in [0.1, 0.15) is 0 Å². The lowest BCUT2D eigenvalue weighted by Gasteiger charge is -2.14. The standard InChI is InChI=1S/C23H21N3/c1-16-9-14-20-21(15-16)25-22(17-7-5-4-6-8-17)23(24-20)18-10-12-19(13-11-18)26(2)3/h4-15H,1-3H3. The number of nitrogens with zero attached hydrogens (tertiary/aromatic N) is 3. The van der Waals surface area contributed by atoms with E-state index in [-0.39, 0.29) is 0 Å². The molecule has 26 heavy (non-hydrogen) atoms. The summed E-state index contributed by atoms with van der Waals surface area (Å²) in [5.41, 5.74) is 8.19. The van der Waals surface area contributed by atoms with Crippen LogP contribution < -0.4 is 4.90 Å². The summed E-state index contributed by atoms with van der Waals surface area (Å²) in [5.74, 6) is 0. The van der Waals surface area contributed by atoms with Gasteiger partial charge in [-0.25, -0.2) is 9.97 Å². The third-order valence-electron chi connectivity index (χ3n) is 4.52. The molecule has 0 aliphatic heterocycles. The van der Waals surface area contributed by atoms with Crippen LogP contribution in [-0.2, 0) is 0 Å². The van der Waals surface area contributed by atoms with Crippen LogP contribution in [0.15, 0.2) is 72.8 Å². The zero-order valence-corrected chi connectivity index (χ0v) is 15.3. The quantitative estimate of drug-likeness (QED) is 0.504. The predicted octanol–water partition coefficient (Wildman–Crippen LogP) is 5.34. The summed E-state index contributed by atoms with van der Waals surface area (Å²) < 4.78 is 0. The van der Waals surface area contributed by atoms with Gasteiger partial charge in [-0.05, 0) is 36.8 Å². The molecule has 3 heteroatoms. The molecule has 1 aromatic heterocycles. The molecule has 0 amide bonds. The highest BCUT2D eigenvalue weighted by atomic mass is 15.1. The van der Waals surface area contributed by atoms with Crippen LogP contribution in [-0.4, -0.2) is 24.1 Å². The van der Waals surface area contributed by atoms with Crippen LogP contribution in [0.25, 0.3) is 33.5 Å². The summed E-state index contributed by atoms with van der Waals surface area (Å²) in [5, 5.41) is 0. The second-order valence-electron chi connectivity index (χ2n) is 6.72. The van der Waals surface area contributed by atoms with Gasteiger partial charge in [0.05, 0.1) is 22.4 Å². The van der Waals surface area contributed by atoms with E-state index in [1.165, 1.54) is 11.3 Å². The summed E-state index contributed by atoms with van der Waals surface area (Å²) in [6, 6.07) is 25.0. The third kappa shape index (κ3) is 3.04. The zero-order chi connectivity index (χ0) is 18.1. The van der Waals surface area contributed by atoms with Gasteiger partial charge in [-0.15, -0.1) is 0 Å². The van der Waals surface area contributed by atoms with Crippen molar-refractivity contribution in [3.63, 3.8) is 0 Å². The van der Waals surface area contributed by atoms with Crippen LogP contribution in [0.3, 0.4) is 0 Å². The molecule has 4 rings (SSSR count). The van der Waals surface area contributed by atoms with Crippen LogP contribution in [0.2, 0.25) is 0 Å². The van der Waals surface area contributed by atoms with Gasteiger partial charge in [-0.2, -0.15) is 0 Å². The molecule has 1 heterocycles. The van der Waals surface area contributed by atoms with E-state index in [2.05, 4.69) is 60.4 Å². The van der Waals surface area contributed by atoms with Gasteiger partial charge in [-0.1, -0.05) is 48.5 Å². The fourth-order valence-electron chi connectivity index (χ4n) is 3.08. The first kappa shape index (κ1) is 16.3. The number of hydrogen-bond donors (Lipinski definition) is 0. The number of anilines is 1. The van der Waals surface area contributed by atoms with Crippen molar-refractivity contribution in [1.82, 2.24) is 9.97 Å². The van der Waals surface area contributed by atoms with Crippen molar-refractivity contribution >= 4 is 16.7 Å². The Morgan fingerprint density at radius 1 is 0.654 bits per heavy atom. The number of hydrogen-bond acceptors (Lipinski definition) is 3. The SMILES string of the molecule is Cc1ccc2nc(-c3ccc(N(C)C)cc3)c(-c3ccccc3)nc2c1. The van der Waals surface area contributed by atoms with Crippen molar-refractivity contribution in [3.05, 3.63) is 78.4 Å². The Morgan fingerprint density at radius 2 is 1.27 bits per heavy atom. The smallest absolute Gasteiger partial charge is 0.0973 e. The average molecular weight is 339 g/mol. The van der Waals surface area contributed by atoms with Crippen molar-refractivity contribution in [3.8, 4) is 22.5 Å². The van der Waals surface area contributed by atoms with Crippen molar-refractivity contribution in [2.75, 3.05) is 19.0 Å². The number of fused-ring (bicyclic) bond motifs is 1. The van der Waals surface area contributed by atoms with Gasteiger partial charge < -0.3 is 4.90 Å². The highest BCUT2D eigenvalue weighted by molar-refractivity contribution is 5.86. The maximum absolute atomic E-state index is 4.97. The normalized spacial score (nSPS) is 10.9. The average Bonchev–Trinajstić information content (AvgIpc) is 2.67. The van der Waals surface area contributed by atoms with E-state index >= 15 is 0 Å². The van der Waals surface area contributed by atoms with E-state index in [0.717, 1.165) is 33.5 Å². The largest absolute Gasteiger partial charge is 0.378 e. The van der Waals surface area contributed by atoms with E-state index < -0.39 is 0 Å². The minimum absolute atomic E-state index is 0.915. The third-order valence-corrected chi connectivity index (χ3v) is 4.52. The lowest BCUT2D eigenvalue weighted by atomic mass is 10.0. The lowest BCUT2D eigenvalue weighted by Crippen LogP contribution is -2.08. The van der Waals surface area contributed by atoms with Crippen LogP contribution >= 0.6 is 0 Å². The molecule has 128 valence electrons. The Bertz CT molecular complexity index is 1050. The first-order chi connectivity index (χ1) is 12.6. The molecule has 4 aromatic rings. The topological polar surface area (TPSA) is 29.0 Å². The molecular formula is C23H21N3. The molecule has 3 aromatic carbocycles. The molecule has 0 saturated heterocycles. The molecule has 0 spiro atoms. The van der Waals surface area contributed by atoms with Crippen molar-refractivity contribution in [2.24, 2.45) is 0 Å². The Balaban J connectivity index is 1.95. The van der Waals surface area contributed by atoms with Crippen LogP contribution in [0.5, 0.6) is 0 Å². The highest BCUT2D eigenvalue weighted by Crippen LogP contribution is 2.32. The van der Waals surface area contributed by atoms with Gasteiger partial charge in [-0.3, -0.25) is 0 Å². The van der Waals surface area contributed by atoms with Crippen molar-refractivity contribution in [1.29, 1.82) is 0 Å². The first-order valence-electron chi connectivity index (χ1n) is 8.73. The predicted molar refractivity (Wildman–Crippen MR) is 109 cm³/mol. The van der Waals surface area contributed by atoms with E-state index in [1.54, 1.807) is 0 Å². The van der Waals surface area contributed by atoms with Crippen molar-refractivity contribution < 1.29 is 0 Å². The molecule has 0 N–H and O–H groups in total. The minimum Gasteiger partial charge on any atom is -0.378 e. The molecule has 0 atom stereocenters. The molecular weight excluding hydrogens is 318 g/mol. The van der Waals surface area contributed by atoms with E-state index in [0.29, 0.717) is 0 Å². The van der Waals surface area contributed by atoms with Gasteiger partial charge in [0, 0.05) is 30.9 Å². The Morgan fingerprint density at radius 3 is 1.92 bits per heavy atom. The fraction of sp³-hybridized carbons (Fsp3) is 0.130. The maximum Gasteiger partial charge on any atom is 0.0973 e. The van der Waals surface area contributed by atoms with Crippen molar-refractivity contribution in [2.45, 2.75) is 6.92 Å². The van der Waals surface area contributed by atoms with Crippen LogP contribution in [0.1, 0.15) is 5.56 Å². The lowest BCUT2D eigenvalue weighted by molar-refractivity contribution is 1.13.